The van der Waals surface area contributed by atoms with E-state index in [1.165, 1.54) is 12.4 Å². The molecular formula is C27H28ClN7O3. The van der Waals surface area contributed by atoms with Gasteiger partial charge in [-0.05, 0) is 56.8 Å². The van der Waals surface area contributed by atoms with E-state index in [4.69, 9.17) is 16.3 Å². The Labute approximate surface area is 225 Å². The molecule has 0 unspecified atom stereocenters. The number of aliphatic imine (C=N–C) groups is 1. The second-order valence-corrected chi connectivity index (χ2v) is 9.14. The maximum absolute atomic E-state index is 12.6. The Morgan fingerprint density at radius 2 is 2.29 bits per heavy atom. The number of ether oxygens (including phenoxy) is 1. The van der Waals surface area contributed by atoms with Gasteiger partial charge in [0.2, 0.25) is 0 Å². The number of rotatable bonds is 8. The number of allylic oxidation sites excluding steroid dienone is 3. The monoisotopic (exact) mass is 533 g/mol. The average Bonchev–Trinajstić information content (AvgIpc) is 3.33. The molecule has 0 radical (unpaired) electrons. The molecule has 38 heavy (non-hydrogen) atoms. The molecule has 1 fully saturated rings. The summed E-state index contributed by atoms with van der Waals surface area (Å²) in [6.45, 7) is 8.82. The molecular weight excluding hydrogens is 506 g/mol. The lowest BCUT2D eigenvalue weighted by molar-refractivity contribution is 0.0492. The van der Waals surface area contributed by atoms with E-state index in [2.05, 4.69) is 33.2 Å². The molecule has 4 heterocycles. The van der Waals surface area contributed by atoms with E-state index >= 15 is 0 Å². The Kier molecular flexibility index (Phi) is 8.41. The molecule has 0 spiro atoms. The van der Waals surface area contributed by atoms with Crippen LogP contribution in [0.15, 0.2) is 59.8 Å². The fourth-order valence-corrected chi connectivity index (χ4v) is 4.58. The van der Waals surface area contributed by atoms with Crippen LogP contribution in [0.4, 0.5) is 0 Å². The molecule has 0 saturated carbocycles. The van der Waals surface area contributed by atoms with Crippen molar-refractivity contribution >= 4 is 35.3 Å². The minimum atomic E-state index is -0.835. The summed E-state index contributed by atoms with van der Waals surface area (Å²) in [5.74, 6) is 0.786. The van der Waals surface area contributed by atoms with E-state index in [1.54, 1.807) is 22.8 Å². The van der Waals surface area contributed by atoms with Crippen molar-refractivity contribution < 1.29 is 14.6 Å². The van der Waals surface area contributed by atoms with Crippen LogP contribution in [-0.2, 0) is 0 Å². The van der Waals surface area contributed by atoms with Gasteiger partial charge in [-0.3, -0.25) is 4.79 Å². The largest absolute Gasteiger partial charge is 0.492 e. The van der Waals surface area contributed by atoms with Gasteiger partial charge in [0, 0.05) is 24.8 Å². The SMILES string of the molecule is C=N/C(=C\C=C(/C)c1cc(OCC)cn2ncc(C#N)c12)N1CC[C@H](NC(=O)c2ncccc2Cl)[C@@H](O)C1. The first-order valence-corrected chi connectivity index (χ1v) is 12.5. The molecule has 0 aliphatic carbocycles. The highest BCUT2D eigenvalue weighted by Gasteiger charge is 2.30. The van der Waals surface area contributed by atoms with E-state index < -0.39 is 18.1 Å². The van der Waals surface area contributed by atoms with Gasteiger partial charge in [0.05, 0.1) is 47.2 Å². The van der Waals surface area contributed by atoms with Crippen LogP contribution in [-0.4, -0.2) is 69.1 Å². The van der Waals surface area contributed by atoms with Crippen LogP contribution in [0.1, 0.15) is 41.9 Å². The summed E-state index contributed by atoms with van der Waals surface area (Å²) in [5.41, 5.74) is 2.94. The topological polar surface area (TPSA) is 128 Å². The number of likely N-dealkylation sites (tertiary alicyclic amines) is 1. The Bertz CT molecular complexity index is 1460. The van der Waals surface area contributed by atoms with Crippen LogP contribution < -0.4 is 10.1 Å². The van der Waals surface area contributed by atoms with Gasteiger partial charge in [0.25, 0.3) is 5.91 Å². The number of aromatic nitrogens is 3. The molecule has 3 aromatic rings. The van der Waals surface area contributed by atoms with Crippen LogP contribution in [0.5, 0.6) is 5.75 Å². The third-order valence-corrected chi connectivity index (χ3v) is 6.59. The first-order chi connectivity index (χ1) is 18.4. The van der Waals surface area contributed by atoms with Crippen LogP contribution in [0, 0.1) is 11.3 Å². The first kappa shape index (κ1) is 26.9. The second-order valence-electron chi connectivity index (χ2n) is 8.73. The highest BCUT2D eigenvalue weighted by atomic mass is 35.5. The summed E-state index contributed by atoms with van der Waals surface area (Å²) in [6, 6.07) is 6.86. The maximum atomic E-state index is 12.6. The molecule has 11 heteroatoms. The standard InChI is InChI=1S/C27H28ClN7O3/c1-4-38-19-12-20(26-18(13-29)14-32-35(26)15-19)17(2)7-8-24(30-3)34-11-9-22(23(36)16-34)33-27(37)25-21(28)6-5-10-31-25/h5-8,10,12,14-15,22-23,36H,3-4,9,11,16H2,1-2H3,(H,33,37)/b17-7+,24-8+/t22-,23-/m0/s1. The normalized spacial score (nSPS) is 18.2. The van der Waals surface area contributed by atoms with E-state index in [0.717, 1.165) is 11.1 Å². The summed E-state index contributed by atoms with van der Waals surface area (Å²) < 4.78 is 7.32. The van der Waals surface area contributed by atoms with E-state index in [0.29, 0.717) is 42.2 Å². The smallest absolute Gasteiger partial charge is 0.271 e. The van der Waals surface area contributed by atoms with Gasteiger partial charge in [-0.15, -0.1) is 0 Å². The molecule has 0 aromatic carbocycles. The number of aliphatic hydroxyl groups is 1. The van der Waals surface area contributed by atoms with Crippen molar-refractivity contribution in [2.45, 2.75) is 32.4 Å². The third-order valence-electron chi connectivity index (χ3n) is 6.28. The van der Waals surface area contributed by atoms with Gasteiger partial charge < -0.3 is 20.1 Å². The Morgan fingerprint density at radius 1 is 1.47 bits per heavy atom. The van der Waals surface area contributed by atoms with Crippen molar-refractivity contribution in [1.29, 1.82) is 5.26 Å². The maximum Gasteiger partial charge on any atom is 0.271 e. The fraction of sp³-hybridized carbons (Fsp3) is 0.296. The third kappa shape index (κ3) is 5.69. The number of aliphatic hydroxyl groups excluding tert-OH is 1. The number of β-amino-alcohol motifs (C(OH)–C–C–N with tert-alkyl or cyclic N) is 1. The average molecular weight is 534 g/mol. The van der Waals surface area contributed by atoms with Gasteiger partial charge in [0.15, 0.2) is 0 Å². The minimum Gasteiger partial charge on any atom is -0.492 e. The molecule has 1 amide bonds. The van der Waals surface area contributed by atoms with Gasteiger partial charge >= 0.3 is 0 Å². The number of amides is 1. The van der Waals surface area contributed by atoms with Crippen LogP contribution in [0.25, 0.3) is 11.1 Å². The molecule has 4 rings (SSSR count). The lowest BCUT2D eigenvalue weighted by Crippen LogP contribution is -2.53. The Hall–Kier alpha value is -4.20. The second kappa shape index (κ2) is 11.9. The first-order valence-electron chi connectivity index (χ1n) is 12.1. The number of carbonyl (C=O) groups excluding carboxylic acids is 1. The lowest BCUT2D eigenvalue weighted by Gasteiger charge is -2.37. The summed E-state index contributed by atoms with van der Waals surface area (Å²) >= 11 is 6.07. The van der Waals surface area contributed by atoms with Gasteiger partial charge in [0.1, 0.15) is 23.3 Å². The molecule has 2 N–H and O–H groups in total. The van der Waals surface area contributed by atoms with E-state index in [1.807, 2.05) is 37.0 Å². The molecule has 1 aliphatic heterocycles. The number of hydrogen-bond donors (Lipinski definition) is 2. The summed E-state index contributed by atoms with van der Waals surface area (Å²) in [5, 5.41) is 27.7. The van der Waals surface area contributed by atoms with Crippen molar-refractivity contribution in [2.24, 2.45) is 4.99 Å². The molecule has 0 bridgehead atoms. The van der Waals surface area contributed by atoms with Gasteiger partial charge in [-0.2, -0.15) is 10.4 Å². The predicted molar refractivity (Wildman–Crippen MR) is 145 cm³/mol. The Morgan fingerprint density at radius 3 is 2.97 bits per heavy atom. The van der Waals surface area contributed by atoms with Gasteiger partial charge in [-0.1, -0.05) is 17.7 Å². The van der Waals surface area contributed by atoms with Crippen molar-refractivity contribution in [3.8, 4) is 11.8 Å². The number of nitrogens with zero attached hydrogens (tertiary/aromatic N) is 6. The number of halogens is 1. The number of nitriles is 1. The zero-order valence-corrected chi connectivity index (χ0v) is 21.9. The van der Waals surface area contributed by atoms with E-state index in [-0.39, 0.29) is 17.3 Å². The fourth-order valence-electron chi connectivity index (χ4n) is 4.37. The molecule has 196 valence electrons. The number of fused-ring (bicyclic) bond motifs is 1. The van der Waals surface area contributed by atoms with Crippen molar-refractivity contribution in [2.75, 3.05) is 19.7 Å². The van der Waals surface area contributed by atoms with Gasteiger partial charge in [-0.25, -0.2) is 14.5 Å². The van der Waals surface area contributed by atoms with Crippen LogP contribution >= 0.6 is 11.6 Å². The molecule has 2 atom stereocenters. The molecule has 10 nitrogen and oxygen atoms in total. The number of piperidine rings is 1. The van der Waals surface area contributed by atoms with Crippen LogP contribution in [0.3, 0.4) is 0 Å². The molecule has 3 aromatic heterocycles. The highest BCUT2D eigenvalue weighted by molar-refractivity contribution is 6.33. The number of carbonyl (C=O) groups is 1. The van der Waals surface area contributed by atoms with Crippen molar-refractivity contribution in [3.63, 3.8) is 0 Å². The molecule has 1 saturated heterocycles. The lowest BCUT2D eigenvalue weighted by atomic mass is 10.0. The van der Waals surface area contributed by atoms with Crippen molar-refractivity contribution in [3.05, 3.63) is 76.6 Å². The van der Waals surface area contributed by atoms with E-state index in [9.17, 15) is 15.2 Å². The summed E-state index contributed by atoms with van der Waals surface area (Å²) in [7, 11) is 0. The number of hydrogen-bond acceptors (Lipinski definition) is 8. The number of pyridine rings is 2. The number of nitrogens with one attached hydrogen (secondary N) is 1. The van der Waals surface area contributed by atoms with Crippen LogP contribution in [0.2, 0.25) is 5.02 Å². The Balaban J connectivity index is 1.52. The summed E-state index contributed by atoms with van der Waals surface area (Å²) in [4.78, 5) is 22.7. The zero-order valence-electron chi connectivity index (χ0n) is 21.1. The van der Waals surface area contributed by atoms with Crippen molar-refractivity contribution in [1.82, 2.24) is 24.8 Å². The molecule has 1 aliphatic rings. The summed E-state index contributed by atoms with van der Waals surface area (Å²) in [6.07, 6.45) is 8.12. The minimum absolute atomic E-state index is 0.123. The predicted octanol–water partition coefficient (Wildman–Crippen LogP) is 3.46. The quantitative estimate of drug-likeness (QED) is 0.335. The zero-order chi connectivity index (χ0) is 27.2. The highest BCUT2D eigenvalue weighted by Crippen LogP contribution is 2.28.